The molecule has 1 aromatic heterocycles. The Morgan fingerprint density at radius 3 is 2.35 bits per heavy atom. The second kappa shape index (κ2) is 12.4. The highest BCUT2D eigenvalue weighted by Gasteiger charge is 2.20. The van der Waals surface area contributed by atoms with Gasteiger partial charge in [-0.2, -0.15) is 0 Å². The molecule has 4 aromatic rings. The number of carbonyl (C=O) groups is 3. The molecule has 0 spiro atoms. The summed E-state index contributed by atoms with van der Waals surface area (Å²) in [6, 6.07) is 23.9. The van der Waals surface area contributed by atoms with Crippen LogP contribution in [0.2, 0.25) is 0 Å². The third-order valence-electron chi connectivity index (χ3n) is 5.77. The van der Waals surface area contributed by atoms with Gasteiger partial charge >= 0.3 is 12.1 Å². The molecule has 3 N–H and O–H groups in total. The number of anilines is 1. The van der Waals surface area contributed by atoms with Crippen molar-refractivity contribution >= 4 is 34.6 Å². The molecule has 8 heteroatoms. The SMILES string of the molecule is CCOC(=O)c1[nH]c2ccc(C(=O)Nc3ccccc3)cc2c1CCCNC(=O)OCc1ccccc1. The summed E-state index contributed by atoms with van der Waals surface area (Å²) < 4.78 is 10.5. The lowest BCUT2D eigenvalue weighted by Crippen LogP contribution is -2.25. The fourth-order valence-electron chi connectivity index (χ4n) is 3.98. The van der Waals surface area contributed by atoms with E-state index < -0.39 is 12.1 Å². The molecule has 8 nitrogen and oxygen atoms in total. The fourth-order valence-corrected chi connectivity index (χ4v) is 3.98. The number of alkyl carbamates (subject to hydrolysis) is 1. The molecule has 0 aliphatic heterocycles. The van der Waals surface area contributed by atoms with Crippen LogP contribution < -0.4 is 10.6 Å². The fraction of sp³-hybridized carbons (Fsp3) is 0.207. The molecule has 3 aromatic carbocycles. The van der Waals surface area contributed by atoms with Gasteiger partial charge in [0.1, 0.15) is 12.3 Å². The standard InChI is InChI=1S/C29H29N3O5/c1-2-36-28(34)26-23(14-9-17-30-29(35)37-19-20-10-5-3-6-11-20)24-18-21(15-16-25(24)32-26)27(33)31-22-12-7-4-8-13-22/h3-8,10-13,15-16,18,32H,2,9,14,17,19H2,1H3,(H,30,35)(H,31,33). The average Bonchev–Trinajstić information content (AvgIpc) is 3.29. The first-order valence-electron chi connectivity index (χ1n) is 12.2. The number of ether oxygens (including phenoxy) is 2. The van der Waals surface area contributed by atoms with Gasteiger partial charge in [-0.15, -0.1) is 0 Å². The van der Waals surface area contributed by atoms with Gasteiger partial charge in [0.25, 0.3) is 5.91 Å². The summed E-state index contributed by atoms with van der Waals surface area (Å²) in [7, 11) is 0. The molecule has 190 valence electrons. The molecule has 2 amide bonds. The van der Waals surface area contributed by atoms with E-state index in [0.29, 0.717) is 36.3 Å². The zero-order valence-electron chi connectivity index (χ0n) is 20.6. The van der Waals surface area contributed by atoms with Crippen molar-refractivity contribution in [2.45, 2.75) is 26.4 Å². The number of esters is 1. The lowest BCUT2D eigenvalue weighted by molar-refractivity contribution is 0.0519. The minimum atomic E-state index is -0.506. The molecule has 0 unspecified atom stereocenters. The molecular weight excluding hydrogens is 470 g/mol. The first-order chi connectivity index (χ1) is 18.0. The van der Waals surface area contributed by atoms with Gasteiger partial charge in [0.15, 0.2) is 0 Å². The van der Waals surface area contributed by atoms with Gasteiger partial charge in [-0.3, -0.25) is 4.79 Å². The topological polar surface area (TPSA) is 110 Å². The summed E-state index contributed by atoms with van der Waals surface area (Å²) in [5, 5.41) is 6.38. The summed E-state index contributed by atoms with van der Waals surface area (Å²) in [6.45, 7) is 2.54. The lowest BCUT2D eigenvalue weighted by Gasteiger charge is -2.08. The number of aromatic amines is 1. The molecule has 1 heterocycles. The third kappa shape index (κ3) is 6.76. The van der Waals surface area contributed by atoms with E-state index in [-0.39, 0.29) is 19.1 Å². The highest BCUT2D eigenvalue weighted by Crippen LogP contribution is 2.26. The Morgan fingerprint density at radius 2 is 1.62 bits per heavy atom. The van der Waals surface area contributed by atoms with E-state index in [2.05, 4.69) is 15.6 Å². The Morgan fingerprint density at radius 1 is 0.892 bits per heavy atom. The number of amides is 2. The Balaban J connectivity index is 1.44. The zero-order chi connectivity index (χ0) is 26.0. The second-order valence-corrected chi connectivity index (χ2v) is 8.37. The molecule has 0 radical (unpaired) electrons. The normalized spacial score (nSPS) is 10.6. The molecule has 0 bridgehead atoms. The first kappa shape index (κ1) is 25.5. The molecule has 0 fully saturated rings. The minimum Gasteiger partial charge on any atom is -0.461 e. The van der Waals surface area contributed by atoms with Crippen LogP contribution in [0.25, 0.3) is 10.9 Å². The maximum absolute atomic E-state index is 12.8. The number of fused-ring (bicyclic) bond motifs is 1. The van der Waals surface area contributed by atoms with Crippen molar-refractivity contribution in [2.24, 2.45) is 0 Å². The van der Waals surface area contributed by atoms with E-state index in [9.17, 15) is 14.4 Å². The van der Waals surface area contributed by atoms with Crippen molar-refractivity contribution in [3.63, 3.8) is 0 Å². The number of nitrogens with one attached hydrogen (secondary N) is 3. The van der Waals surface area contributed by atoms with Gasteiger partial charge in [-0.05, 0) is 61.2 Å². The number of H-pyrrole nitrogens is 1. The second-order valence-electron chi connectivity index (χ2n) is 8.37. The van der Waals surface area contributed by atoms with E-state index in [1.807, 2.05) is 60.7 Å². The summed E-state index contributed by atoms with van der Waals surface area (Å²) in [5.41, 5.74) is 3.88. The van der Waals surface area contributed by atoms with Gasteiger partial charge in [-0.25, -0.2) is 9.59 Å². The number of para-hydroxylation sites is 1. The van der Waals surface area contributed by atoms with Crippen LogP contribution in [0, 0.1) is 0 Å². The van der Waals surface area contributed by atoms with Crippen LogP contribution in [0.1, 0.15) is 45.3 Å². The van der Waals surface area contributed by atoms with E-state index in [0.717, 1.165) is 22.0 Å². The summed E-state index contributed by atoms with van der Waals surface area (Å²) in [4.78, 5) is 40.7. The number of hydrogen-bond acceptors (Lipinski definition) is 5. The summed E-state index contributed by atoms with van der Waals surface area (Å²) in [5.74, 6) is -0.708. The van der Waals surface area contributed by atoms with Crippen LogP contribution in [0.15, 0.2) is 78.9 Å². The minimum absolute atomic E-state index is 0.190. The molecule has 0 aliphatic carbocycles. The van der Waals surface area contributed by atoms with Crippen LogP contribution in [-0.4, -0.2) is 36.1 Å². The first-order valence-corrected chi connectivity index (χ1v) is 12.2. The molecule has 0 saturated carbocycles. The van der Waals surface area contributed by atoms with Crippen LogP contribution >= 0.6 is 0 Å². The van der Waals surface area contributed by atoms with E-state index in [1.54, 1.807) is 25.1 Å². The van der Waals surface area contributed by atoms with Crippen molar-refractivity contribution in [2.75, 3.05) is 18.5 Å². The highest BCUT2D eigenvalue weighted by atomic mass is 16.5. The average molecular weight is 500 g/mol. The Kier molecular flexibility index (Phi) is 8.54. The van der Waals surface area contributed by atoms with E-state index in [1.165, 1.54) is 0 Å². The van der Waals surface area contributed by atoms with Crippen molar-refractivity contribution in [1.29, 1.82) is 0 Å². The van der Waals surface area contributed by atoms with Gasteiger partial charge in [-0.1, -0.05) is 48.5 Å². The van der Waals surface area contributed by atoms with Crippen molar-refractivity contribution in [1.82, 2.24) is 10.3 Å². The van der Waals surface area contributed by atoms with Gasteiger partial charge < -0.3 is 25.1 Å². The van der Waals surface area contributed by atoms with Crippen molar-refractivity contribution < 1.29 is 23.9 Å². The van der Waals surface area contributed by atoms with Crippen molar-refractivity contribution in [3.05, 3.63) is 101 Å². The summed E-state index contributed by atoms with van der Waals surface area (Å²) >= 11 is 0. The van der Waals surface area contributed by atoms with Gasteiger partial charge in [0.05, 0.1) is 6.61 Å². The molecule has 0 aliphatic rings. The number of aryl methyl sites for hydroxylation is 1. The monoisotopic (exact) mass is 499 g/mol. The number of hydrogen-bond donors (Lipinski definition) is 3. The Bertz CT molecular complexity index is 1370. The zero-order valence-corrected chi connectivity index (χ0v) is 20.6. The third-order valence-corrected chi connectivity index (χ3v) is 5.77. The van der Waals surface area contributed by atoms with Crippen LogP contribution in [0.5, 0.6) is 0 Å². The highest BCUT2D eigenvalue weighted by molar-refractivity contribution is 6.07. The number of carbonyl (C=O) groups excluding carboxylic acids is 3. The molecular formula is C29H29N3O5. The predicted octanol–water partition coefficient (Wildman–Crippen LogP) is 5.46. The maximum Gasteiger partial charge on any atom is 0.407 e. The van der Waals surface area contributed by atoms with Crippen LogP contribution in [0.4, 0.5) is 10.5 Å². The molecule has 4 rings (SSSR count). The lowest BCUT2D eigenvalue weighted by atomic mass is 10.0. The van der Waals surface area contributed by atoms with Gasteiger partial charge in [0.2, 0.25) is 0 Å². The Labute approximate surface area is 215 Å². The number of aromatic nitrogens is 1. The molecule has 37 heavy (non-hydrogen) atoms. The Hall–Kier alpha value is -4.59. The van der Waals surface area contributed by atoms with Gasteiger partial charge in [0, 0.05) is 28.7 Å². The predicted molar refractivity (Wildman–Crippen MR) is 142 cm³/mol. The summed E-state index contributed by atoms with van der Waals surface area (Å²) in [6.07, 6.45) is 0.533. The van der Waals surface area contributed by atoms with Crippen LogP contribution in [0.3, 0.4) is 0 Å². The van der Waals surface area contributed by atoms with E-state index in [4.69, 9.17) is 9.47 Å². The quantitative estimate of drug-likeness (QED) is 0.198. The smallest absolute Gasteiger partial charge is 0.407 e. The number of benzene rings is 3. The number of rotatable bonds is 10. The van der Waals surface area contributed by atoms with Crippen molar-refractivity contribution in [3.8, 4) is 0 Å². The van der Waals surface area contributed by atoms with Crippen LogP contribution in [-0.2, 0) is 22.5 Å². The molecule has 0 saturated heterocycles. The largest absolute Gasteiger partial charge is 0.461 e. The maximum atomic E-state index is 12.8. The van der Waals surface area contributed by atoms with E-state index >= 15 is 0 Å². The molecule has 0 atom stereocenters.